The lowest BCUT2D eigenvalue weighted by Gasteiger charge is -2.18. The molecule has 110 valence electrons. The molecule has 0 spiro atoms. The highest BCUT2D eigenvalue weighted by atomic mass is 79.9. The monoisotopic (exact) mass is 428 g/mol. The highest BCUT2D eigenvalue weighted by molar-refractivity contribution is 9.10. The van der Waals surface area contributed by atoms with Crippen LogP contribution in [0, 0.1) is 0 Å². The Balaban J connectivity index is 1.94. The number of ether oxygens (including phenoxy) is 1. The fraction of sp³-hybridized carbons (Fsp3) is 0.294. The molecule has 0 saturated carbocycles. The lowest BCUT2D eigenvalue weighted by Crippen LogP contribution is -2.06. The van der Waals surface area contributed by atoms with E-state index in [0.29, 0.717) is 5.92 Å². The zero-order valence-electron chi connectivity index (χ0n) is 11.4. The summed E-state index contributed by atoms with van der Waals surface area (Å²) >= 11 is 13.6. The van der Waals surface area contributed by atoms with Crippen molar-refractivity contribution in [1.82, 2.24) is 0 Å². The predicted octanol–water partition coefficient (Wildman–Crippen LogP) is 5.76. The Hall–Kier alpha value is -0.510. The highest BCUT2D eigenvalue weighted by Crippen LogP contribution is 2.37. The Labute approximate surface area is 146 Å². The molecule has 3 rings (SSSR count). The van der Waals surface area contributed by atoms with E-state index in [4.69, 9.17) is 16.3 Å². The topological polar surface area (TPSA) is 9.23 Å². The van der Waals surface area contributed by atoms with E-state index >= 15 is 0 Å². The van der Waals surface area contributed by atoms with Gasteiger partial charge in [0.15, 0.2) is 0 Å². The van der Waals surface area contributed by atoms with E-state index in [1.165, 1.54) is 16.7 Å². The lowest BCUT2D eigenvalue weighted by atomic mass is 9.92. The van der Waals surface area contributed by atoms with E-state index in [0.717, 1.165) is 40.0 Å². The number of benzene rings is 2. The third-order valence-electron chi connectivity index (χ3n) is 3.82. The Morgan fingerprint density at radius 1 is 1.24 bits per heavy atom. The third-order valence-corrected chi connectivity index (χ3v) is 5.41. The Morgan fingerprint density at radius 3 is 2.81 bits per heavy atom. The second-order valence-corrected chi connectivity index (χ2v) is 7.20. The highest BCUT2D eigenvalue weighted by Gasteiger charge is 2.21. The molecule has 0 fully saturated rings. The SMILES string of the molecule is Clc1ccccc1C(CBr)Cc1cc(Br)cc2c1OCC2. The number of hydrogen-bond donors (Lipinski definition) is 0. The van der Waals surface area contributed by atoms with E-state index in [2.05, 4.69) is 50.1 Å². The normalized spacial score (nSPS) is 14.6. The van der Waals surface area contributed by atoms with Gasteiger partial charge < -0.3 is 4.74 Å². The first-order chi connectivity index (χ1) is 10.2. The maximum atomic E-state index is 6.35. The molecule has 21 heavy (non-hydrogen) atoms. The number of alkyl halides is 1. The summed E-state index contributed by atoms with van der Waals surface area (Å²) in [5.41, 5.74) is 3.73. The molecule has 1 nitrogen and oxygen atoms in total. The van der Waals surface area contributed by atoms with Gasteiger partial charge in [0, 0.05) is 21.2 Å². The van der Waals surface area contributed by atoms with Gasteiger partial charge >= 0.3 is 0 Å². The molecule has 2 aromatic rings. The van der Waals surface area contributed by atoms with Gasteiger partial charge in [0.2, 0.25) is 0 Å². The fourth-order valence-corrected chi connectivity index (χ4v) is 4.24. The molecule has 1 aliphatic rings. The van der Waals surface area contributed by atoms with Gasteiger partial charge in [-0.3, -0.25) is 0 Å². The van der Waals surface area contributed by atoms with Crippen LogP contribution in [0.4, 0.5) is 0 Å². The van der Waals surface area contributed by atoms with Crippen LogP contribution in [0.15, 0.2) is 40.9 Å². The van der Waals surface area contributed by atoms with Crippen LogP contribution >= 0.6 is 43.5 Å². The molecule has 0 N–H and O–H groups in total. The average molecular weight is 431 g/mol. The molecule has 0 bridgehead atoms. The minimum atomic E-state index is 0.335. The zero-order chi connectivity index (χ0) is 14.8. The van der Waals surface area contributed by atoms with Crippen LogP contribution in [0.3, 0.4) is 0 Å². The quantitative estimate of drug-likeness (QED) is 0.561. The first-order valence-electron chi connectivity index (χ1n) is 6.93. The van der Waals surface area contributed by atoms with Crippen molar-refractivity contribution in [3.8, 4) is 5.75 Å². The smallest absolute Gasteiger partial charge is 0.125 e. The molecule has 0 amide bonds. The van der Waals surface area contributed by atoms with Gasteiger partial charge in [-0.15, -0.1) is 0 Å². The van der Waals surface area contributed by atoms with Gasteiger partial charge in [0.05, 0.1) is 6.61 Å². The van der Waals surface area contributed by atoms with Gasteiger partial charge in [-0.2, -0.15) is 0 Å². The number of fused-ring (bicyclic) bond motifs is 1. The van der Waals surface area contributed by atoms with E-state index in [-0.39, 0.29) is 0 Å². The summed E-state index contributed by atoms with van der Waals surface area (Å²) in [5, 5.41) is 1.70. The Bertz CT molecular complexity index is 657. The molecule has 2 aromatic carbocycles. The zero-order valence-corrected chi connectivity index (χ0v) is 15.3. The average Bonchev–Trinajstić information content (AvgIpc) is 2.93. The Kier molecular flexibility index (Phi) is 4.92. The summed E-state index contributed by atoms with van der Waals surface area (Å²) in [5.74, 6) is 1.40. The van der Waals surface area contributed by atoms with Crippen molar-refractivity contribution in [1.29, 1.82) is 0 Å². The van der Waals surface area contributed by atoms with Crippen LogP contribution in [0.25, 0.3) is 0 Å². The summed E-state index contributed by atoms with van der Waals surface area (Å²) < 4.78 is 6.95. The largest absolute Gasteiger partial charge is 0.493 e. The summed E-state index contributed by atoms with van der Waals surface area (Å²) in [6.45, 7) is 0.782. The number of hydrogen-bond acceptors (Lipinski definition) is 1. The number of rotatable bonds is 4. The molecular weight excluding hydrogens is 415 g/mol. The van der Waals surface area contributed by atoms with Gasteiger partial charge in [0.25, 0.3) is 0 Å². The van der Waals surface area contributed by atoms with E-state index in [1.54, 1.807) is 0 Å². The Morgan fingerprint density at radius 2 is 2.05 bits per heavy atom. The first kappa shape index (κ1) is 15.4. The van der Waals surface area contributed by atoms with Crippen LogP contribution in [0.2, 0.25) is 5.02 Å². The summed E-state index contributed by atoms with van der Waals surface area (Å²) in [6.07, 6.45) is 1.91. The third kappa shape index (κ3) is 3.30. The number of halogens is 3. The van der Waals surface area contributed by atoms with E-state index in [1.807, 2.05) is 18.2 Å². The van der Waals surface area contributed by atoms with Crippen LogP contribution in [0.1, 0.15) is 22.6 Å². The van der Waals surface area contributed by atoms with E-state index in [9.17, 15) is 0 Å². The molecule has 0 aromatic heterocycles. The van der Waals surface area contributed by atoms with Crippen molar-refractivity contribution in [3.05, 3.63) is 62.6 Å². The van der Waals surface area contributed by atoms with E-state index < -0.39 is 0 Å². The minimum Gasteiger partial charge on any atom is -0.493 e. The summed E-state index contributed by atoms with van der Waals surface area (Å²) in [7, 11) is 0. The molecule has 1 atom stereocenters. The molecule has 1 aliphatic heterocycles. The molecule has 0 saturated heterocycles. The van der Waals surface area contributed by atoms with Crippen molar-refractivity contribution in [3.63, 3.8) is 0 Å². The maximum Gasteiger partial charge on any atom is 0.125 e. The van der Waals surface area contributed by atoms with Crippen molar-refractivity contribution in [2.24, 2.45) is 0 Å². The van der Waals surface area contributed by atoms with Gasteiger partial charge in [-0.05, 0) is 47.2 Å². The molecule has 0 radical (unpaired) electrons. The predicted molar refractivity (Wildman–Crippen MR) is 95.0 cm³/mol. The van der Waals surface area contributed by atoms with Crippen LogP contribution in [-0.4, -0.2) is 11.9 Å². The summed E-state index contributed by atoms with van der Waals surface area (Å²) in [6, 6.07) is 12.4. The van der Waals surface area contributed by atoms with Crippen molar-refractivity contribution < 1.29 is 4.74 Å². The van der Waals surface area contributed by atoms with Crippen LogP contribution in [0.5, 0.6) is 5.75 Å². The molecule has 1 unspecified atom stereocenters. The first-order valence-corrected chi connectivity index (χ1v) is 9.22. The maximum absolute atomic E-state index is 6.35. The van der Waals surface area contributed by atoms with Crippen molar-refractivity contribution >= 4 is 43.5 Å². The fourth-order valence-electron chi connectivity index (χ4n) is 2.82. The van der Waals surface area contributed by atoms with Gasteiger partial charge in [-0.25, -0.2) is 0 Å². The molecule has 0 aliphatic carbocycles. The van der Waals surface area contributed by atoms with Crippen molar-refractivity contribution in [2.75, 3.05) is 11.9 Å². The molecule has 1 heterocycles. The standard InChI is InChI=1S/C17H15Br2ClO/c18-10-13(15-3-1-2-4-16(15)20)7-12-9-14(19)8-11-5-6-21-17(11)12/h1-4,8-9,13H,5-7,10H2. The van der Waals surface area contributed by atoms with Crippen LogP contribution in [-0.2, 0) is 12.8 Å². The van der Waals surface area contributed by atoms with Gasteiger partial charge in [0.1, 0.15) is 5.75 Å². The molecular formula is C17H15Br2ClO. The minimum absolute atomic E-state index is 0.335. The van der Waals surface area contributed by atoms with Crippen molar-refractivity contribution in [2.45, 2.75) is 18.8 Å². The second kappa shape index (κ2) is 6.72. The van der Waals surface area contributed by atoms with Gasteiger partial charge in [-0.1, -0.05) is 61.7 Å². The van der Waals surface area contributed by atoms with Crippen LogP contribution < -0.4 is 4.74 Å². The lowest BCUT2D eigenvalue weighted by molar-refractivity contribution is 0.353. The molecule has 4 heteroatoms. The second-order valence-electron chi connectivity index (χ2n) is 5.23. The summed E-state index contributed by atoms with van der Waals surface area (Å²) in [4.78, 5) is 0.